The molecule has 0 aliphatic carbocycles. The first-order valence-electron chi connectivity index (χ1n) is 6.99. The topological polar surface area (TPSA) is 99.4 Å². The number of carboxylic acids is 1. The van der Waals surface area contributed by atoms with Crippen LogP contribution in [0.25, 0.3) is 0 Å². The molecule has 0 radical (unpaired) electrons. The summed E-state index contributed by atoms with van der Waals surface area (Å²) in [7, 11) is 0. The van der Waals surface area contributed by atoms with Gasteiger partial charge in [0.25, 0.3) is 0 Å². The van der Waals surface area contributed by atoms with E-state index in [0.717, 1.165) is 11.6 Å². The van der Waals surface area contributed by atoms with Gasteiger partial charge in [-0.25, -0.2) is 9.59 Å². The number of ether oxygens (including phenoxy) is 1. The number of allylic oxidation sites excluding steroid dienone is 1. The average molecular weight is 314 g/mol. The molecule has 1 rings (SSSR count). The van der Waals surface area contributed by atoms with Crippen LogP contribution in [0.3, 0.4) is 0 Å². The first-order chi connectivity index (χ1) is 11.0. The van der Waals surface area contributed by atoms with E-state index in [-0.39, 0.29) is 12.2 Å². The Hall–Kier alpha value is -3.07. The number of esters is 1. The number of hydrogen-bond acceptors (Lipinski definition) is 5. The number of rotatable bonds is 7. The summed E-state index contributed by atoms with van der Waals surface area (Å²) in [5.41, 5.74) is 1.86. The molecule has 120 valence electrons. The van der Waals surface area contributed by atoms with E-state index in [4.69, 9.17) is 10.00 Å². The first-order valence-corrected chi connectivity index (χ1v) is 6.99. The van der Waals surface area contributed by atoms with Crippen molar-refractivity contribution >= 4 is 11.9 Å². The maximum Gasteiger partial charge on any atom is 0.337 e. The van der Waals surface area contributed by atoms with Crippen molar-refractivity contribution in [1.29, 1.82) is 5.26 Å². The Labute approximate surface area is 134 Å². The second kappa shape index (κ2) is 9.05. The molecule has 0 aliphatic rings. The summed E-state index contributed by atoms with van der Waals surface area (Å²) in [6.45, 7) is 3.92. The predicted octanol–water partition coefficient (Wildman–Crippen LogP) is 2.13. The molecule has 6 nitrogen and oxygen atoms in total. The van der Waals surface area contributed by atoms with E-state index < -0.39 is 11.9 Å². The smallest absolute Gasteiger partial charge is 0.337 e. The number of carbonyl (C=O) groups is 2. The fourth-order valence-electron chi connectivity index (χ4n) is 1.73. The lowest BCUT2D eigenvalue weighted by molar-refractivity contribution is -0.137. The zero-order valence-corrected chi connectivity index (χ0v) is 13.0. The largest absolute Gasteiger partial charge is 0.478 e. The van der Waals surface area contributed by atoms with Gasteiger partial charge in [-0.2, -0.15) is 5.26 Å². The van der Waals surface area contributed by atoms with E-state index in [1.54, 1.807) is 38.1 Å². The summed E-state index contributed by atoms with van der Waals surface area (Å²) in [6.07, 6.45) is 2.29. The Kier molecular flexibility index (Phi) is 7.08. The van der Waals surface area contributed by atoms with E-state index in [2.05, 4.69) is 5.32 Å². The van der Waals surface area contributed by atoms with Gasteiger partial charge in [0.2, 0.25) is 0 Å². The lowest BCUT2D eigenvalue weighted by atomic mass is 10.1. The van der Waals surface area contributed by atoms with Gasteiger partial charge in [0, 0.05) is 18.3 Å². The summed E-state index contributed by atoms with van der Waals surface area (Å²) in [5.74, 6) is -1.73. The number of carbonyl (C=O) groups excluding carboxylic acids is 1. The molecule has 0 saturated heterocycles. The van der Waals surface area contributed by atoms with Crippen molar-refractivity contribution < 1.29 is 19.4 Å². The van der Waals surface area contributed by atoms with E-state index in [1.165, 1.54) is 6.08 Å². The van der Waals surface area contributed by atoms with E-state index in [0.29, 0.717) is 17.8 Å². The van der Waals surface area contributed by atoms with Gasteiger partial charge >= 0.3 is 11.9 Å². The number of nitrogens with zero attached hydrogens (tertiary/aromatic N) is 1. The molecule has 1 aromatic rings. The summed E-state index contributed by atoms with van der Waals surface area (Å²) >= 11 is 0. The van der Waals surface area contributed by atoms with Crippen LogP contribution in [0.15, 0.2) is 47.7 Å². The minimum atomic E-state index is -1.14. The third-order valence-corrected chi connectivity index (χ3v) is 2.95. The Morgan fingerprint density at radius 3 is 2.48 bits per heavy atom. The molecule has 1 aromatic carbocycles. The van der Waals surface area contributed by atoms with E-state index in [9.17, 15) is 14.7 Å². The summed E-state index contributed by atoms with van der Waals surface area (Å²) in [4.78, 5) is 22.5. The van der Waals surface area contributed by atoms with Crippen LogP contribution < -0.4 is 5.32 Å². The van der Waals surface area contributed by atoms with Crippen LogP contribution in [0.2, 0.25) is 0 Å². The predicted molar refractivity (Wildman–Crippen MR) is 84.1 cm³/mol. The van der Waals surface area contributed by atoms with Gasteiger partial charge in [0.1, 0.15) is 0 Å². The second-order valence-corrected chi connectivity index (χ2v) is 4.59. The molecule has 0 fully saturated rings. The molecule has 0 amide bonds. The lowest BCUT2D eigenvalue weighted by Gasteiger charge is -2.09. The standard InChI is InChI=1S/C17H18N2O4/c1-3-23-16(20)9-8-15(17(21)22)12(2)19-11-14-6-4-13(10-18)5-7-14/h4-9,19H,3,11H2,1-2H3,(H,21,22). The van der Waals surface area contributed by atoms with Crippen LogP contribution in [0, 0.1) is 11.3 Å². The van der Waals surface area contributed by atoms with Crippen LogP contribution in [0.1, 0.15) is 25.0 Å². The monoisotopic (exact) mass is 314 g/mol. The van der Waals surface area contributed by atoms with Gasteiger partial charge in [0.15, 0.2) is 0 Å². The highest BCUT2D eigenvalue weighted by Gasteiger charge is 2.09. The molecule has 23 heavy (non-hydrogen) atoms. The van der Waals surface area contributed by atoms with Crippen molar-refractivity contribution in [2.24, 2.45) is 0 Å². The molecule has 0 spiro atoms. The first kappa shape index (κ1) is 18.0. The van der Waals surface area contributed by atoms with Crippen LogP contribution in [-0.2, 0) is 20.9 Å². The minimum absolute atomic E-state index is 0.0216. The molecular formula is C17H18N2O4. The number of nitrogens with one attached hydrogen (secondary N) is 1. The van der Waals surface area contributed by atoms with Crippen LogP contribution in [0.4, 0.5) is 0 Å². The van der Waals surface area contributed by atoms with Crippen LogP contribution in [0.5, 0.6) is 0 Å². The summed E-state index contributed by atoms with van der Waals surface area (Å²) in [5, 5.41) is 20.9. The normalized spacial score (nSPS) is 11.5. The molecule has 0 bridgehead atoms. The number of nitriles is 1. The summed E-state index contributed by atoms with van der Waals surface area (Å²) in [6, 6.07) is 8.98. The highest BCUT2D eigenvalue weighted by atomic mass is 16.5. The van der Waals surface area contributed by atoms with Crippen molar-refractivity contribution in [2.45, 2.75) is 20.4 Å². The van der Waals surface area contributed by atoms with Crippen molar-refractivity contribution in [1.82, 2.24) is 5.32 Å². The molecule has 2 N–H and O–H groups in total. The Morgan fingerprint density at radius 1 is 1.30 bits per heavy atom. The number of aliphatic carboxylic acids is 1. The van der Waals surface area contributed by atoms with Crippen LogP contribution >= 0.6 is 0 Å². The second-order valence-electron chi connectivity index (χ2n) is 4.59. The molecule has 6 heteroatoms. The molecule has 0 aliphatic heterocycles. The van der Waals surface area contributed by atoms with Crippen LogP contribution in [-0.4, -0.2) is 23.7 Å². The van der Waals surface area contributed by atoms with Crippen molar-refractivity contribution in [3.63, 3.8) is 0 Å². The Morgan fingerprint density at radius 2 is 1.96 bits per heavy atom. The fourth-order valence-corrected chi connectivity index (χ4v) is 1.73. The van der Waals surface area contributed by atoms with Crippen molar-refractivity contribution in [3.8, 4) is 6.07 Å². The van der Waals surface area contributed by atoms with Gasteiger partial charge in [-0.1, -0.05) is 12.1 Å². The maximum absolute atomic E-state index is 11.3. The number of hydrogen-bond donors (Lipinski definition) is 2. The zero-order chi connectivity index (χ0) is 17.2. The lowest BCUT2D eigenvalue weighted by Crippen LogP contribution is -2.15. The Balaban J connectivity index is 2.80. The zero-order valence-electron chi connectivity index (χ0n) is 13.0. The third kappa shape index (κ3) is 6.06. The molecule has 0 atom stereocenters. The van der Waals surface area contributed by atoms with E-state index >= 15 is 0 Å². The quantitative estimate of drug-likeness (QED) is 0.454. The molecule has 0 heterocycles. The Bertz CT molecular complexity index is 667. The number of benzene rings is 1. The third-order valence-electron chi connectivity index (χ3n) is 2.95. The SMILES string of the molecule is CCOC(=O)C=CC(C(=O)O)=C(C)NCc1ccc(C#N)cc1. The minimum Gasteiger partial charge on any atom is -0.478 e. The molecule has 0 saturated carbocycles. The van der Waals surface area contributed by atoms with Crippen molar-refractivity contribution in [2.75, 3.05) is 6.61 Å². The van der Waals surface area contributed by atoms with E-state index in [1.807, 2.05) is 6.07 Å². The maximum atomic E-state index is 11.3. The fraction of sp³-hybridized carbons (Fsp3) is 0.235. The van der Waals surface area contributed by atoms with Gasteiger partial charge in [-0.3, -0.25) is 0 Å². The van der Waals surface area contributed by atoms with Gasteiger partial charge in [-0.05, 0) is 37.6 Å². The molecule has 0 unspecified atom stereocenters. The highest BCUT2D eigenvalue weighted by molar-refractivity contribution is 5.93. The number of carboxylic acid groups (broad SMARTS) is 1. The average Bonchev–Trinajstić information content (AvgIpc) is 2.53. The molecular weight excluding hydrogens is 296 g/mol. The summed E-state index contributed by atoms with van der Waals surface area (Å²) < 4.78 is 4.71. The highest BCUT2D eigenvalue weighted by Crippen LogP contribution is 2.07. The van der Waals surface area contributed by atoms with Crippen molar-refractivity contribution in [3.05, 3.63) is 58.8 Å². The molecule has 0 aromatic heterocycles. The van der Waals surface area contributed by atoms with Gasteiger partial charge < -0.3 is 15.2 Å². The van der Waals surface area contributed by atoms with Gasteiger partial charge in [0.05, 0.1) is 23.8 Å². The van der Waals surface area contributed by atoms with Gasteiger partial charge in [-0.15, -0.1) is 0 Å².